The number of carboxylic acid groups (broad SMARTS) is 1. The smallest absolute Gasteiger partial charge is 0.303 e. The monoisotopic (exact) mass is 264 g/mol. The van der Waals surface area contributed by atoms with Crippen LogP contribution in [0.3, 0.4) is 0 Å². The molecule has 5 nitrogen and oxygen atoms in total. The van der Waals surface area contributed by atoms with Crippen LogP contribution in [-0.2, 0) is 16.0 Å². The Hall–Kier alpha value is -1.88. The summed E-state index contributed by atoms with van der Waals surface area (Å²) in [5.74, 6) is -1.24. The second-order valence-electron chi connectivity index (χ2n) is 4.51. The Morgan fingerprint density at radius 1 is 1.37 bits per heavy atom. The molecule has 4 N–H and O–H groups in total. The summed E-state index contributed by atoms with van der Waals surface area (Å²) >= 11 is 0. The minimum absolute atomic E-state index is 0.0909. The van der Waals surface area contributed by atoms with Crippen molar-refractivity contribution in [3.05, 3.63) is 35.4 Å². The van der Waals surface area contributed by atoms with Gasteiger partial charge in [0.25, 0.3) is 0 Å². The van der Waals surface area contributed by atoms with E-state index in [-0.39, 0.29) is 18.7 Å². The number of nitrogens with two attached hydrogens (primary N) is 1. The molecule has 19 heavy (non-hydrogen) atoms. The van der Waals surface area contributed by atoms with Crippen LogP contribution in [-0.4, -0.2) is 29.6 Å². The highest BCUT2D eigenvalue weighted by molar-refractivity contribution is 5.82. The molecule has 0 aliphatic heterocycles. The zero-order valence-electron chi connectivity index (χ0n) is 11.1. The molecule has 0 heterocycles. The van der Waals surface area contributed by atoms with Gasteiger partial charge < -0.3 is 16.2 Å². The molecule has 1 amide bonds. The molecule has 1 atom stereocenters. The summed E-state index contributed by atoms with van der Waals surface area (Å²) in [6.07, 6.45) is 0.808. The summed E-state index contributed by atoms with van der Waals surface area (Å²) < 4.78 is 0. The lowest BCUT2D eigenvalue weighted by molar-refractivity contribution is -0.137. The van der Waals surface area contributed by atoms with Gasteiger partial charge in [-0.15, -0.1) is 0 Å². The molecule has 1 aromatic rings. The van der Waals surface area contributed by atoms with Gasteiger partial charge in [-0.1, -0.05) is 24.3 Å². The van der Waals surface area contributed by atoms with Crippen molar-refractivity contribution in [2.75, 3.05) is 6.54 Å². The van der Waals surface area contributed by atoms with Crippen molar-refractivity contribution in [2.24, 2.45) is 5.73 Å². The highest BCUT2D eigenvalue weighted by Gasteiger charge is 2.14. The fourth-order valence-electron chi connectivity index (χ4n) is 1.75. The number of amides is 1. The van der Waals surface area contributed by atoms with Crippen molar-refractivity contribution in [3.8, 4) is 0 Å². The molecule has 1 unspecified atom stereocenters. The lowest BCUT2D eigenvalue weighted by Crippen LogP contribution is -2.41. The van der Waals surface area contributed by atoms with E-state index >= 15 is 0 Å². The summed E-state index contributed by atoms with van der Waals surface area (Å²) in [7, 11) is 0. The second-order valence-corrected chi connectivity index (χ2v) is 4.51. The zero-order valence-corrected chi connectivity index (χ0v) is 11.1. The first kappa shape index (κ1) is 15.2. The molecule has 104 valence electrons. The van der Waals surface area contributed by atoms with E-state index in [1.165, 1.54) is 11.1 Å². The van der Waals surface area contributed by atoms with Crippen LogP contribution in [0.4, 0.5) is 0 Å². The third-order valence-corrected chi connectivity index (χ3v) is 2.96. The van der Waals surface area contributed by atoms with Crippen LogP contribution in [0.15, 0.2) is 24.3 Å². The van der Waals surface area contributed by atoms with Crippen LogP contribution in [0.5, 0.6) is 0 Å². The predicted molar refractivity (Wildman–Crippen MR) is 72.7 cm³/mol. The first-order valence-electron chi connectivity index (χ1n) is 6.30. The molecule has 0 fully saturated rings. The van der Waals surface area contributed by atoms with Gasteiger partial charge in [-0.05, 0) is 30.9 Å². The Labute approximate surface area is 112 Å². The Balaban J connectivity index is 2.31. The van der Waals surface area contributed by atoms with Gasteiger partial charge in [-0.25, -0.2) is 0 Å². The third-order valence-electron chi connectivity index (χ3n) is 2.96. The largest absolute Gasteiger partial charge is 0.481 e. The normalized spacial score (nSPS) is 11.9. The highest BCUT2D eigenvalue weighted by atomic mass is 16.4. The van der Waals surface area contributed by atoms with E-state index in [1.807, 2.05) is 31.2 Å². The number of nitrogens with one attached hydrogen (secondary N) is 1. The number of carbonyl (C=O) groups is 2. The molecular weight excluding hydrogens is 244 g/mol. The Kier molecular flexibility index (Phi) is 6.02. The minimum atomic E-state index is -0.942. The van der Waals surface area contributed by atoms with Crippen LogP contribution < -0.4 is 11.1 Å². The maximum atomic E-state index is 11.6. The average Bonchev–Trinajstić information content (AvgIpc) is 2.38. The van der Waals surface area contributed by atoms with Gasteiger partial charge in [-0.3, -0.25) is 9.59 Å². The predicted octanol–water partition coefficient (Wildman–Crippen LogP) is 0.846. The summed E-state index contributed by atoms with van der Waals surface area (Å²) in [6.45, 7) is 2.53. The number of carbonyl (C=O) groups excluding carboxylic acids is 1. The molecule has 0 aliphatic carbocycles. The molecular formula is C14H20N2O3. The maximum Gasteiger partial charge on any atom is 0.303 e. The van der Waals surface area contributed by atoms with Crippen LogP contribution >= 0.6 is 0 Å². The maximum absolute atomic E-state index is 11.6. The van der Waals surface area contributed by atoms with E-state index in [0.29, 0.717) is 6.54 Å². The van der Waals surface area contributed by atoms with Crippen molar-refractivity contribution in [2.45, 2.75) is 32.2 Å². The van der Waals surface area contributed by atoms with Gasteiger partial charge >= 0.3 is 5.97 Å². The second kappa shape index (κ2) is 7.53. The molecule has 0 aliphatic rings. The molecule has 1 aromatic carbocycles. The van der Waals surface area contributed by atoms with Crippen molar-refractivity contribution < 1.29 is 14.7 Å². The number of hydrogen-bond donors (Lipinski definition) is 3. The third kappa shape index (κ3) is 5.52. The number of rotatable bonds is 7. The highest BCUT2D eigenvalue weighted by Crippen LogP contribution is 2.06. The van der Waals surface area contributed by atoms with Crippen molar-refractivity contribution in [3.63, 3.8) is 0 Å². The van der Waals surface area contributed by atoms with Gasteiger partial charge in [0, 0.05) is 13.0 Å². The van der Waals surface area contributed by atoms with Crippen LogP contribution in [0.25, 0.3) is 0 Å². The van der Waals surface area contributed by atoms with Gasteiger partial charge in [0.1, 0.15) is 0 Å². The molecule has 1 rings (SSSR count). The first-order valence-corrected chi connectivity index (χ1v) is 6.30. The van der Waals surface area contributed by atoms with Gasteiger partial charge in [0.05, 0.1) is 6.04 Å². The fraction of sp³-hybridized carbons (Fsp3) is 0.429. The van der Waals surface area contributed by atoms with E-state index in [0.717, 1.165) is 6.42 Å². The van der Waals surface area contributed by atoms with Crippen molar-refractivity contribution in [1.82, 2.24) is 5.32 Å². The lowest BCUT2D eigenvalue weighted by atomic mass is 10.1. The SMILES string of the molecule is Cc1ccccc1CCNC(=O)C(N)CCC(=O)O. The topological polar surface area (TPSA) is 92.4 Å². The minimum Gasteiger partial charge on any atom is -0.481 e. The number of benzene rings is 1. The number of carboxylic acids is 1. The summed E-state index contributed by atoms with van der Waals surface area (Å²) in [5, 5.41) is 11.2. The molecule has 0 radical (unpaired) electrons. The van der Waals surface area contributed by atoms with Gasteiger partial charge in [0.2, 0.25) is 5.91 Å². The molecule has 0 saturated carbocycles. The Morgan fingerprint density at radius 3 is 2.68 bits per heavy atom. The van der Waals surface area contributed by atoms with Crippen molar-refractivity contribution in [1.29, 1.82) is 0 Å². The summed E-state index contributed by atoms with van der Waals surface area (Å²) in [5.41, 5.74) is 7.97. The molecule has 0 spiro atoms. The summed E-state index contributed by atoms with van der Waals surface area (Å²) in [6, 6.07) is 7.22. The van der Waals surface area contributed by atoms with Crippen LogP contribution in [0.2, 0.25) is 0 Å². The van der Waals surface area contributed by atoms with E-state index in [2.05, 4.69) is 5.32 Å². The molecule has 5 heteroatoms. The summed E-state index contributed by atoms with van der Waals surface area (Å²) in [4.78, 5) is 22.0. The Morgan fingerprint density at radius 2 is 2.05 bits per heavy atom. The Bertz CT molecular complexity index is 446. The zero-order chi connectivity index (χ0) is 14.3. The van der Waals surface area contributed by atoms with E-state index in [4.69, 9.17) is 10.8 Å². The quantitative estimate of drug-likeness (QED) is 0.680. The lowest BCUT2D eigenvalue weighted by Gasteiger charge is -2.11. The van der Waals surface area contributed by atoms with Crippen LogP contribution in [0, 0.1) is 6.92 Å². The molecule has 0 bridgehead atoms. The fourth-order valence-corrected chi connectivity index (χ4v) is 1.75. The molecule has 0 saturated heterocycles. The van der Waals surface area contributed by atoms with Gasteiger partial charge in [-0.2, -0.15) is 0 Å². The first-order chi connectivity index (χ1) is 9.00. The van der Waals surface area contributed by atoms with Crippen LogP contribution in [0.1, 0.15) is 24.0 Å². The number of aliphatic carboxylic acids is 1. The van der Waals surface area contributed by atoms with Crippen molar-refractivity contribution >= 4 is 11.9 Å². The number of hydrogen-bond acceptors (Lipinski definition) is 3. The van der Waals surface area contributed by atoms with E-state index < -0.39 is 12.0 Å². The average molecular weight is 264 g/mol. The van der Waals surface area contributed by atoms with E-state index in [1.54, 1.807) is 0 Å². The van der Waals surface area contributed by atoms with Gasteiger partial charge in [0.15, 0.2) is 0 Å². The van der Waals surface area contributed by atoms with E-state index in [9.17, 15) is 9.59 Å². The standard InChI is InChI=1S/C14H20N2O3/c1-10-4-2-3-5-11(10)8-9-16-14(19)12(15)6-7-13(17)18/h2-5,12H,6-9,15H2,1H3,(H,16,19)(H,17,18). The molecule has 0 aromatic heterocycles. The number of aryl methyl sites for hydroxylation is 1.